The van der Waals surface area contributed by atoms with Crippen molar-refractivity contribution in [2.24, 2.45) is 0 Å². The highest BCUT2D eigenvalue weighted by Gasteiger charge is 2.29. The predicted octanol–water partition coefficient (Wildman–Crippen LogP) is 1.97. The number of rotatable bonds is 7. The number of hydrogen-bond donors (Lipinski definition) is 0. The van der Waals surface area contributed by atoms with Crippen LogP contribution in [0.15, 0.2) is 40.3 Å². The summed E-state index contributed by atoms with van der Waals surface area (Å²) in [5, 5.41) is 1.89. The molecule has 1 fully saturated rings. The molecule has 3 rings (SSSR count). The van der Waals surface area contributed by atoms with Crippen LogP contribution in [-0.4, -0.2) is 74.2 Å². The van der Waals surface area contributed by atoms with Crippen molar-refractivity contribution in [1.82, 2.24) is 9.80 Å². The number of furan rings is 1. The Morgan fingerprint density at radius 2 is 2.27 bits per heavy atom. The van der Waals surface area contributed by atoms with Crippen LogP contribution in [0.4, 0.5) is 0 Å². The summed E-state index contributed by atoms with van der Waals surface area (Å²) in [6.45, 7) is 2.67. The molecule has 0 saturated carbocycles. The van der Waals surface area contributed by atoms with E-state index in [1.54, 1.807) is 29.0 Å². The van der Waals surface area contributed by atoms with Crippen LogP contribution < -0.4 is 0 Å². The van der Waals surface area contributed by atoms with Crippen LogP contribution in [0, 0.1) is 0 Å². The molecule has 2 aromatic rings. The van der Waals surface area contributed by atoms with Gasteiger partial charge in [0.25, 0.3) is 11.8 Å². The first kappa shape index (κ1) is 18.6. The molecule has 1 saturated heterocycles. The van der Waals surface area contributed by atoms with E-state index in [2.05, 4.69) is 0 Å². The summed E-state index contributed by atoms with van der Waals surface area (Å²) >= 11 is 1.43. The van der Waals surface area contributed by atoms with E-state index < -0.39 is 0 Å². The highest BCUT2D eigenvalue weighted by Crippen LogP contribution is 2.16. The molecule has 2 aromatic heterocycles. The number of carbonyl (C=O) groups is 2. The summed E-state index contributed by atoms with van der Waals surface area (Å²) < 4.78 is 16.1. The van der Waals surface area contributed by atoms with Crippen LogP contribution in [0.1, 0.15) is 20.2 Å². The lowest BCUT2D eigenvalue weighted by Gasteiger charge is -2.35. The van der Waals surface area contributed by atoms with E-state index >= 15 is 0 Å². The number of amides is 2. The van der Waals surface area contributed by atoms with Crippen molar-refractivity contribution in [2.45, 2.75) is 6.10 Å². The molecule has 7 nitrogen and oxygen atoms in total. The van der Waals surface area contributed by atoms with Gasteiger partial charge in [-0.1, -0.05) is 6.07 Å². The minimum atomic E-state index is -0.247. The normalized spacial score (nSPS) is 17.3. The van der Waals surface area contributed by atoms with Gasteiger partial charge in [0.2, 0.25) is 0 Å². The van der Waals surface area contributed by atoms with Gasteiger partial charge in [0.05, 0.1) is 30.5 Å². The van der Waals surface area contributed by atoms with E-state index in [-0.39, 0.29) is 23.7 Å². The van der Waals surface area contributed by atoms with Gasteiger partial charge in [0.1, 0.15) is 0 Å². The third kappa shape index (κ3) is 4.51. The Labute approximate surface area is 156 Å². The van der Waals surface area contributed by atoms with Gasteiger partial charge < -0.3 is 23.7 Å². The zero-order valence-corrected chi connectivity index (χ0v) is 15.4. The number of nitrogens with zero attached hydrogens (tertiary/aromatic N) is 2. The second-order valence-corrected chi connectivity index (χ2v) is 6.89. The molecule has 0 radical (unpaired) electrons. The average molecular weight is 378 g/mol. The number of thiophene rings is 1. The lowest BCUT2D eigenvalue weighted by atomic mass is 10.2. The van der Waals surface area contributed by atoms with Gasteiger partial charge in [0.15, 0.2) is 5.76 Å². The van der Waals surface area contributed by atoms with Gasteiger partial charge in [-0.15, -0.1) is 11.3 Å². The lowest BCUT2D eigenvalue weighted by Crippen LogP contribution is -2.51. The molecule has 1 unspecified atom stereocenters. The van der Waals surface area contributed by atoms with Gasteiger partial charge in [-0.25, -0.2) is 0 Å². The quantitative estimate of drug-likeness (QED) is 0.737. The second kappa shape index (κ2) is 8.98. The molecule has 0 spiro atoms. The van der Waals surface area contributed by atoms with Crippen molar-refractivity contribution in [3.05, 3.63) is 46.5 Å². The fourth-order valence-electron chi connectivity index (χ4n) is 2.85. The number of methoxy groups -OCH3 is 1. The minimum absolute atomic E-state index is 0.00843. The number of hydrogen-bond acceptors (Lipinski definition) is 6. The van der Waals surface area contributed by atoms with Crippen LogP contribution in [0.5, 0.6) is 0 Å². The summed E-state index contributed by atoms with van der Waals surface area (Å²) in [7, 11) is 1.59. The Morgan fingerprint density at radius 3 is 2.96 bits per heavy atom. The Hall–Kier alpha value is -2.16. The zero-order chi connectivity index (χ0) is 18.4. The van der Waals surface area contributed by atoms with Crippen molar-refractivity contribution >= 4 is 23.2 Å². The second-order valence-electron chi connectivity index (χ2n) is 5.94. The van der Waals surface area contributed by atoms with Gasteiger partial charge in [-0.05, 0) is 23.6 Å². The molecule has 1 aliphatic rings. The van der Waals surface area contributed by atoms with Crippen molar-refractivity contribution in [3.63, 3.8) is 0 Å². The molecule has 3 heterocycles. The molecule has 0 N–H and O–H groups in total. The molecular formula is C18H22N2O5S. The Bertz CT molecular complexity index is 701. The van der Waals surface area contributed by atoms with E-state index in [9.17, 15) is 9.59 Å². The molecule has 8 heteroatoms. The Kier molecular flexibility index (Phi) is 6.43. The summed E-state index contributed by atoms with van der Waals surface area (Å²) in [6, 6.07) is 7.00. The maximum atomic E-state index is 12.6. The molecule has 0 aromatic carbocycles. The van der Waals surface area contributed by atoms with E-state index in [1.165, 1.54) is 17.6 Å². The van der Waals surface area contributed by atoms with Crippen molar-refractivity contribution < 1.29 is 23.5 Å². The molecule has 26 heavy (non-hydrogen) atoms. The maximum Gasteiger partial charge on any atom is 0.289 e. The summed E-state index contributed by atoms with van der Waals surface area (Å²) in [6.07, 6.45) is 1.23. The monoisotopic (exact) mass is 378 g/mol. The molecule has 0 aliphatic carbocycles. The first-order valence-electron chi connectivity index (χ1n) is 8.45. The largest absolute Gasteiger partial charge is 0.459 e. The average Bonchev–Trinajstić information content (AvgIpc) is 3.38. The Morgan fingerprint density at radius 1 is 1.38 bits per heavy atom. The van der Waals surface area contributed by atoms with Crippen LogP contribution in [0.3, 0.4) is 0 Å². The SMILES string of the molecule is COCCN(CC1CN(C(=O)c2cccs2)CCO1)C(=O)c1ccco1. The highest BCUT2D eigenvalue weighted by atomic mass is 32.1. The number of ether oxygens (including phenoxy) is 2. The smallest absolute Gasteiger partial charge is 0.289 e. The zero-order valence-electron chi connectivity index (χ0n) is 14.6. The van der Waals surface area contributed by atoms with Gasteiger partial charge in [0, 0.05) is 33.3 Å². The minimum Gasteiger partial charge on any atom is -0.459 e. The van der Waals surface area contributed by atoms with E-state index in [1.807, 2.05) is 17.5 Å². The third-order valence-electron chi connectivity index (χ3n) is 4.17. The number of morpholine rings is 1. The van der Waals surface area contributed by atoms with Crippen LogP contribution in [-0.2, 0) is 9.47 Å². The van der Waals surface area contributed by atoms with E-state index in [0.29, 0.717) is 44.3 Å². The summed E-state index contributed by atoms with van der Waals surface area (Å²) in [5.74, 6) is 0.0786. The third-order valence-corrected chi connectivity index (χ3v) is 5.02. The molecular weight excluding hydrogens is 356 g/mol. The van der Waals surface area contributed by atoms with Crippen molar-refractivity contribution in [1.29, 1.82) is 0 Å². The van der Waals surface area contributed by atoms with Crippen molar-refractivity contribution in [3.8, 4) is 0 Å². The van der Waals surface area contributed by atoms with Gasteiger partial charge in [-0.3, -0.25) is 9.59 Å². The maximum absolute atomic E-state index is 12.6. The van der Waals surface area contributed by atoms with Crippen molar-refractivity contribution in [2.75, 3.05) is 46.5 Å². The summed E-state index contributed by atoms with van der Waals surface area (Å²) in [5.41, 5.74) is 0. The topological polar surface area (TPSA) is 72.2 Å². The molecule has 1 aliphatic heterocycles. The van der Waals surface area contributed by atoms with Crippen LogP contribution in [0.25, 0.3) is 0 Å². The molecule has 140 valence electrons. The number of carbonyl (C=O) groups excluding carboxylic acids is 2. The van der Waals surface area contributed by atoms with E-state index in [0.717, 1.165) is 0 Å². The summed E-state index contributed by atoms with van der Waals surface area (Å²) in [4.78, 5) is 29.3. The lowest BCUT2D eigenvalue weighted by molar-refractivity contribution is -0.0348. The first-order chi connectivity index (χ1) is 12.7. The molecule has 2 amide bonds. The standard InChI is InChI=1S/C18H22N2O5S/c1-23-9-6-19(17(21)15-4-2-8-25-15)12-14-13-20(7-10-24-14)18(22)16-5-3-11-26-16/h2-5,8,11,14H,6-7,9-10,12-13H2,1H3. The van der Waals surface area contributed by atoms with Crippen LogP contribution in [0.2, 0.25) is 0 Å². The highest BCUT2D eigenvalue weighted by molar-refractivity contribution is 7.12. The fraction of sp³-hybridized carbons (Fsp3) is 0.444. The fourth-order valence-corrected chi connectivity index (χ4v) is 3.54. The van der Waals surface area contributed by atoms with Crippen LogP contribution >= 0.6 is 11.3 Å². The van der Waals surface area contributed by atoms with Gasteiger partial charge >= 0.3 is 0 Å². The van der Waals surface area contributed by atoms with E-state index in [4.69, 9.17) is 13.9 Å². The first-order valence-corrected chi connectivity index (χ1v) is 9.33. The Balaban J connectivity index is 1.64. The predicted molar refractivity (Wildman–Crippen MR) is 96.5 cm³/mol. The molecule has 0 bridgehead atoms. The molecule has 1 atom stereocenters. The van der Waals surface area contributed by atoms with Gasteiger partial charge in [-0.2, -0.15) is 0 Å².